The predicted molar refractivity (Wildman–Crippen MR) is 86.6 cm³/mol. The SMILES string of the molecule is N#CC(NC(=O)[C@@H]1C[C@@]2(CN1)CC2(F)F)c1cncc2ccccc12. The van der Waals surface area contributed by atoms with Crippen LogP contribution in [0.3, 0.4) is 0 Å². The lowest BCUT2D eigenvalue weighted by molar-refractivity contribution is -0.123. The Hall–Kier alpha value is -2.59. The third-order valence-electron chi connectivity index (χ3n) is 5.24. The zero-order valence-corrected chi connectivity index (χ0v) is 13.3. The number of aromatic nitrogens is 1. The number of nitrogens with zero attached hydrogens (tertiary/aromatic N) is 2. The van der Waals surface area contributed by atoms with E-state index in [0.717, 1.165) is 10.8 Å². The van der Waals surface area contributed by atoms with E-state index in [1.807, 2.05) is 24.3 Å². The Morgan fingerprint density at radius 3 is 2.84 bits per heavy atom. The summed E-state index contributed by atoms with van der Waals surface area (Å²) >= 11 is 0. The Morgan fingerprint density at radius 2 is 2.16 bits per heavy atom. The van der Waals surface area contributed by atoms with Crippen LogP contribution in [-0.4, -0.2) is 29.4 Å². The molecule has 0 radical (unpaired) electrons. The molecule has 5 nitrogen and oxygen atoms in total. The molecule has 2 N–H and O–H groups in total. The van der Waals surface area contributed by atoms with Gasteiger partial charge >= 0.3 is 0 Å². The van der Waals surface area contributed by atoms with E-state index in [1.54, 1.807) is 12.4 Å². The molecular formula is C18H16F2N4O. The highest BCUT2D eigenvalue weighted by Crippen LogP contribution is 2.64. The Morgan fingerprint density at radius 1 is 1.40 bits per heavy atom. The molecule has 2 aromatic rings. The number of benzene rings is 1. The monoisotopic (exact) mass is 342 g/mol. The smallest absolute Gasteiger partial charge is 0.255 e. The van der Waals surface area contributed by atoms with Gasteiger partial charge in [0, 0.05) is 36.3 Å². The first-order chi connectivity index (χ1) is 12.0. The van der Waals surface area contributed by atoms with Gasteiger partial charge in [0.05, 0.1) is 17.5 Å². The summed E-state index contributed by atoms with van der Waals surface area (Å²) in [6.45, 7) is 0.130. The number of rotatable bonds is 3. The number of pyridine rings is 1. The fraction of sp³-hybridized carbons (Fsp3) is 0.389. The van der Waals surface area contributed by atoms with Gasteiger partial charge in [-0.05, 0) is 11.8 Å². The molecule has 1 aromatic heterocycles. The molecule has 1 amide bonds. The number of hydrogen-bond acceptors (Lipinski definition) is 4. The van der Waals surface area contributed by atoms with Crippen LogP contribution >= 0.6 is 0 Å². The first-order valence-corrected chi connectivity index (χ1v) is 8.10. The lowest BCUT2D eigenvalue weighted by atomic mass is 10.00. The molecule has 1 aromatic carbocycles. The van der Waals surface area contributed by atoms with Gasteiger partial charge in [0.1, 0.15) is 6.04 Å². The van der Waals surface area contributed by atoms with Gasteiger partial charge in [0.25, 0.3) is 5.92 Å². The topological polar surface area (TPSA) is 77.8 Å². The van der Waals surface area contributed by atoms with Crippen LogP contribution in [0.15, 0.2) is 36.7 Å². The second-order valence-electron chi connectivity index (χ2n) is 6.82. The van der Waals surface area contributed by atoms with Crippen LogP contribution in [-0.2, 0) is 4.79 Å². The quantitative estimate of drug-likeness (QED) is 0.897. The van der Waals surface area contributed by atoms with Gasteiger partial charge in [-0.3, -0.25) is 9.78 Å². The first-order valence-electron chi connectivity index (χ1n) is 8.10. The summed E-state index contributed by atoms with van der Waals surface area (Å²) in [4.78, 5) is 16.6. The lowest BCUT2D eigenvalue weighted by Gasteiger charge is -2.17. The first kappa shape index (κ1) is 15.9. The van der Waals surface area contributed by atoms with Crippen molar-refractivity contribution in [3.63, 3.8) is 0 Å². The molecule has 2 heterocycles. The number of amides is 1. The van der Waals surface area contributed by atoms with Crippen molar-refractivity contribution in [1.82, 2.24) is 15.6 Å². The minimum Gasteiger partial charge on any atom is -0.335 e. The molecule has 0 bridgehead atoms. The number of nitrogens with one attached hydrogen (secondary N) is 2. The van der Waals surface area contributed by atoms with Crippen LogP contribution in [0.25, 0.3) is 10.8 Å². The molecule has 1 aliphatic heterocycles. The van der Waals surface area contributed by atoms with Gasteiger partial charge in [0.2, 0.25) is 5.91 Å². The van der Waals surface area contributed by atoms with Gasteiger partial charge in [-0.25, -0.2) is 8.78 Å². The van der Waals surface area contributed by atoms with Gasteiger partial charge in [-0.1, -0.05) is 24.3 Å². The van der Waals surface area contributed by atoms with Crippen molar-refractivity contribution in [1.29, 1.82) is 5.26 Å². The molecule has 25 heavy (non-hydrogen) atoms. The van der Waals surface area contributed by atoms with E-state index in [4.69, 9.17) is 0 Å². The fourth-order valence-electron chi connectivity index (χ4n) is 3.63. The summed E-state index contributed by atoms with van der Waals surface area (Å²) in [5.74, 6) is -3.12. The number of fused-ring (bicyclic) bond motifs is 1. The number of hydrogen-bond donors (Lipinski definition) is 2. The minimum absolute atomic E-state index is 0.0950. The summed E-state index contributed by atoms with van der Waals surface area (Å²) in [6, 6.07) is 7.93. The van der Waals surface area contributed by atoms with Crippen molar-refractivity contribution >= 4 is 16.7 Å². The molecule has 1 saturated heterocycles. The molecule has 2 fully saturated rings. The summed E-state index contributed by atoms with van der Waals surface area (Å²) < 4.78 is 26.9. The van der Waals surface area contributed by atoms with Crippen LogP contribution in [0.4, 0.5) is 8.78 Å². The Bertz CT molecular complexity index is 889. The van der Waals surface area contributed by atoms with Crippen molar-refractivity contribution in [2.24, 2.45) is 5.41 Å². The minimum atomic E-state index is -2.69. The molecule has 128 valence electrons. The highest BCUT2D eigenvalue weighted by Gasteiger charge is 2.73. The molecule has 4 rings (SSSR count). The fourth-order valence-corrected chi connectivity index (χ4v) is 3.63. The zero-order valence-electron chi connectivity index (χ0n) is 13.3. The Kier molecular flexibility index (Phi) is 3.48. The number of alkyl halides is 2. The number of nitriles is 1. The van der Waals surface area contributed by atoms with Crippen LogP contribution in [0, 0.1) is 16.7 Å². The molecule has 7 heteroatoms. The highest BCUT2D eigenvalue weighted by atomic mass is 19.3. The van der Waals surface area contributed by atoms with Crippen molar-refractivity contribution in [3.8, 4) is 6.07 Å². The van der Waals surface area contributed by atoms with Crippen LogP contribution in [0.2, 0.25) is 0 Å². The summed E-state index contributed by atoms with van der Waals surface area (Å²) in [7, 11) is 0. The number of carbonyl (C=O) groups excluding carboxylic acids is 1. The van der Waals surface area contributed by atoms with E-state index in [2.05, 4.69) is 21.7 Å². The van der Waals surface area contributed by atoms with Gasteiger partial charge in [-0.2, -0.15) is 5.26 Å². The van der Waals surface area contributed by atoms with Crippen LogP contribution < -0.4 is 10.6 Å². The molecule has 1 spiro atoms. The average molecular weight is 342 g/mol. The van der Waals surface area contributed by atoms with Crippen molar-refractivity contribution in [2.45, 2.75) is 30.8 Å². The van der Waals surface area contributed by atoms with E-state index in [1.165, 1.54) is 0 Å². The largest absolute Gasteiger partial charge is 0.335 e. The molecular weight excluding hydrogens is 326 g/mol. The van der Waals surface area contributed by atoms with Crippen LogP contribution in [0.5, 0.6) is 0 Å². The normalized spacial score (nSPS) is 27.8. The summed E-state index contributed by atoms with van der Waals surface area (Å²) in [6.07, 6.45) is 3.16. The van der Waals surface area contributed by atoms with Gasteiger partial charge < -0.3 is 10.6 Å². The second-order valence-corrected chi connectivity index (χ2v) is 6.82. The van der Waals surface area contributed by atoms with E-state index < -0.39 is 29.3 Å². The molecule has 1 unspecified atom stereocenters. The van der Waals surface area contributed by atoms with Gasteiger partial charge in [-0.15, -0.1) is 0 Å². The Labute approximate surface area is 143 Å². The maximum absolute atomic E-state index is 13.5. The van der Waals surface area contributed by atoms with E-state index in [-0.39, 0.29) is 19.4 Å². The molecule has 1 saturated carbocycles. The van der Waals surface area contributed by atoms with Gasteiger partial charge in [0.15, 0.2) is 0 Å². The number of carbonyl (C=O) groups is 1. The average Bonchev–Trinajstić information content (AvgIpc) is 2.94. The molecule has 3 atom stereocenters. The summed E-state index contributed by atoms with van der Waals surface area (Å²) in [5.41, 5.74) is -0.489. The highest BCUT2D eigenvalue weighted by molar-refractivity contribution is 5.87. The second kappa shape index (κ2) is 5.46. The third-order valence-corrected chi connectivity index (χ3v) is 5.24. The Balaban J connectivity index is 1.53. The molecule has 2 aliphatic rings. The number of halogens is 2. The maximum atomic E-state index is 13.5. The summed E-state index contributed by atoms with van der Waals surface area (Å²) in [5, 5.41) is 16.7. The van der Waals surface area contributed by atoms with E-state index >= 15 is 0 Å². The molecule has 1 aliphatic carbocycles. The van der Waals surface area contributed by atoms with E-state index in [9.17, 15) is 18.8 Å². The van der Waals surface area contributed by atoms with Crippen molar-refractivity contribution in [2.75, 3.05) is 6.54 Å². The predicted octanol–water partition coefficient (Wildman–Crippen LogP) is 2.30. The standard InChI is InChI=1S/C18H16F2N4O/c19-18(20)9-17(18)5-14(23-10-17)16(25)24-15(6-21)13-8-22-7-11-3-1-2-4-12(11)13/h1-4,7-8,14-15,23H,5,9-10H2,(H,24,25)/t14-,15?,17-/m0/s1. The lowest BCUT2D eigenvalue weighted by Crippen LogP contribution is -2.41. The van der Waals surface area contributed by atoms with Crippen molar-refractivity contribution < 1.29 is 13.6 Å². The van der Waals surface area contributed by atoms with E-state index in [0.29, 0.717) is 5.56 Å². The van der Waals surface area contributed by atoms with Crippen LogP contribution in [0.1, 0.15) is 24.4 Å². The van der Waals surface area contributed by atoms with Crippen molar-refractivity contribution in [3.05, 3.63) is 42.2 Å². The zero-order chi connectivity index (χ0) is 17.7. The third kappa shape index (κ3) is 2.53. The maximum Gasteiger partial charge on any atom is 0.255 e.